The molecule has 1 aromatic heterocycles. The Bertz CT molecular complexity index is 1270. The number of likely N-dealkylation sites (tertiary alicyclic amines) is 1. The number of benzene rings is 2. The molecule has 0 saturated carbocycles. The summed E-state index contributed by atoms with van der Waals surface area (Å²) in [5, 5.41) is 0. The molecule has 0 aliphatic carbocycles. The lowest BCUT2D eigenvalue weighted by Gasteiger charge is -2.41. The van der Waals surface area contributed by atoms with Gasteiger partial charge in [-0.2, -0.15) is 0 Å². The van der Waals surface area contributed by atoms with Crippen LogP contribution in [0.3, 0.4) is 0 Å². The van der Waals surface area contributed by atoms with Crippen molar-refractivity contribution in [2.45, 2.75) is 51.9 Å². The molecule has 0 unspecified atom stereocenters. The first kappa shape index (κ1) is 21.2. The largest absolute Gasteiger partial charge is 0.334 e. The van der Waals surface area contributed by atoms with E-state index in [2.05, 4.69) is 63.3 Å². The molecule has 0 N–H and O–H groups in total. The normalized spacial score (nSPS) is 20.1. The van der Waals surface area contributed by atoms with E-state index in [1.807, 2.05) is 19.2 Å². The number of hydrogen-bond acceptors (Lipinski definition) is 4. The number of aromatic nitrogens is 1. The molecule has 1 fully saturated rings. The number of aliphatic imine (C=N–C) groups is 1. The van der Waals surface area contributed by atoms with Crippen LogP contribution in [0.2, 0.25) is 0 Å². The molecule has 1 atom stereocenters. The number of nitrogens with zero attached hydrogens (tertiary/aromatic N) is 4. The lowest BCUT2D eigenvalue weighted by Crippen LogP contribution is -2.51. The third kappa shape index (κ3) is 4.05. The minimum atomic E-state index is 0.267. The van der Waals surface area contributed by atoms with Crippen LogP contribution < -0.4 is 0 Å². The van der Waals surface area contributed by atoms with Gasteiger partial charge in [-0.05, 0) is 66.8 Å². The van der Waals surface area contributed by atoms with Crippen molar-refractivity contribution in [1.29, 1.82) is 0 Å². The molecule has 2 aromatic carbocycles. The fourth-order valence-corrected chi connectivity index (χ4v) is 5.73. The number of aryl methyl sites for hydroxylation is 1. The zero-order valence-electron chi connectivity index (χ0n) is 19.7. The number of piperidine rings is 1. The van der Waals surface area contributed by atoms with E-state index in [1.165, 1.54) is 27.8 Å². The third-order valence-electron chi connectivity index (χ3n) is 7.43. The summed E-state index contributed by atoms with van der Waals surface area (Å²) in [4.78, 5) is 27.1. The van der Waals surface area contributed by atoms with Gasteiger partial charge in [0.1, 0.15) is 0 Å². The lowest BCUT2D eigenvalue weighted by molar-refractivity contribution is -0.135. The first-order chi connectivity index (χ1) is 16.6. The highest BCUT2D eigenvalue weighted by atomic mass is 16.2. The maximum absolute atomic E-state index is 13.2. The van der Waals surface area contributed by atoms with Crippen LogP contribution in [0, 0.1) is 6.92 Å². The van der Waals surface area contributed by atoms with E-state index in [1.54, 1.807) is 0 Å². The van der Waals surface area contributed by atoms with Crippen LogP contribution >= 0.6 is 0 Å². The zero-order chi connectivity index (χ0) is 23.1. The first-order valence-corrected chi connectivity index (χ1v) is 12.3. The number of rotatable bonds is 4. The van der Waals surface area contributed by atoms with E-state index in [-0.39, 0.29) is 11.9 Å². The molecular formula is C29H30N4O. The van der Waals surface area contributed by atoms with Crippen molar-refractivity contribution in [2.24, 2.45) is 4.99 Å². The van der Waals surface area contributed by atoms with Crippen molar-refractivity contribution >= 4 is 11.6 Å². The molecule has 1 saturated heterocycles. The van der Waals surface area contributed by atoms with Gasteiger partial charge in [0.25, 0.3) is 0 Å². The highest BCUT2D eigenvalue weighted by Crippen LogP contribution is 2.32. The topological polar surface area (TPSA) is 48.8 Å². The molecule has 5 nitrogen and oxygen atoms in total. The Morgan fingerprint density at radius 1 is 1.03 bits per heavy atom. The van der Waals surface area contributed by atoms with Crippen molar-refractivity contribution < 1.29 is 4.79 Å². The quantitative estimate of drug-likeness (QED) is 0.596. The summed E-state index contributed by atoms with van der Waals surface area (Å²) in [6.07, 6.45) is 4.58. The summed E-state index contributed by atoms with van der Waals surface area (Å²) < 4.78 is 0. The van der Waals surface area contributed by atoms with E-state index in [0.717, 1.165) is 49.4 Å². The van der Waals surface area contributed by atoms with Crippen molar-refractivity contribution in [3.05, 3.63) is 99.9 Å². The number of fused-ring (bicyclic) bond motifs is 2. The molecule has 3 aliphatic rings. The minimum absolute atomic E-state index is 0.267. The van der Waals surface area contributed by atoms with Crippen LogP contribution in [0.25, 0.3) is 0 Å². The highest BCUT2D eigenvalue weighted by Gasteiger charge is 2.33. The smallest absolute Gasteiger partial charge is 0.227 e. The zero-order valence-corrected chi connectivity index (χ0v) is 19.7. The Morgan fingerprint density at radius 2 is 1.91 bits per heavy atom. The van der Waals surface area contributed by atoms with E-state index >= 15 is 0 Å². The molecular weight excluding hydrogens is 420 g/mol. The second-order valence-electron chi connectivity index (χ2n) is 9.84. The van der Waals surface area contributed by atoms with Gasteiger partial charge in [-0.25, -0.2) is 0 Å². The molecule has 3 aromatic rings. The summed E-state index contributed by atoms with van der Waals surface area (Å²) in [7, 11) is 0. The predicted octanol–water partition coefficient (Wildman–Crippen LogP) is 4.29. The van der Waals surface area contributed by atoms with E-state index in [4.69, 9.17) is 4.99 Å². The maximum atomic E-state index is 13.2. The number of carbonyl (C=O) groups excluding carboxylic acids is 1. The second kappa shape index (κ2) is 8.80. The molecule has 4 heterocycles. The number of amides is 1. The fourth-order valence-electron chi connectivity index (χ4n) is 5.73. The molecule has 172 valence electrons. The van der Waals surface area contributed by atoms with Gasteiger partial charge in [0.15, 0.2) is 0 Å². The van der Waals surface area contributed by atoms with Gasteiger partial charge in [0.2, 0.25) is 5.91 Å². The van der Waals surface area contributed by atoms with Crippen LogP contribution in [-0.2, 0) is 30.8 Å². The van der Waals surface area contributed by atoms with Crippen LogP contribution in [0.15, 0.2) is 65.8 Å². The van der Waals surface area contributed by atoms with Crippen LogP contribution in [0.4, 0.5) is 0 Å². The van der Waals surface area contributed by atoms with Crippen LogP contribution in [0.1, 0.15) is 51.9 Å². The van der Waals surface area contributed by atoms with Gasteiger partial charge >= 0.3 is 0 Å². The van der Waals surface area contributed by atoms with Crippen LogP contribution in [-0.4, -0.2) is 45.5 Å². The molecule has 5 heteroatoms. The Balaban J connectivity index is 1.23. The molecule has 0 bridgehead atoms. The summed E-state index contributed by atoms with van der Waals surface area (Å²) in [6, 6.07) is 19.6. The molecule has 6 rings (SSSR count). The van der Waals surface area contributed by atoms with Gasteiger partial charge < -0.3 is 4.90 Å². The van der Waals surface area contributed by atoms with Crippen molar-refractivity contribution in [1.82, 2.24) is 14.8 Å². The monoisotopic (exact) mass is 450 g/mol. The van der Waals surface area contributed by atoms with E-state index < -0.39 is 0 Å². The summed E-state index contributed by atoms with van der Waals surface area (Å²) in [5.74, 6) is 0.267. The van der Waals surface area contributed by atoms with Gasteiger partial charge in [-0.15, -0.1) is 0 Å². The maximum Gasteiger partial charge on any atom is 0.227 e. The SMILES string of the molecule is Cc1cc(C2=NCc3cc4c(cc32)CN([C@@H]2CCCN(Cc3ccccc3)C2)C(=O)C4)ccn1. The summed E-state index contributed by atoms with van der Waals surface area (Å²) in [5.41, 5.74) is 9.42. The van der Waals surface area contributed by atoms with Crippen molar-refractivity contribution in [3.63, 3.8) is 0 Å². The predicted molar refractivity (Wildman–Crippen MR) is 134 cm³/mol. The van der Waals surface area contributed by atoms with Crippen LogP contribution in [0.5, 0.6) is 0 Å². The number of hydrogen-bond donors (Lipinski definition) is 0. The summed E-state index contributed by atoms with van der Waals surface area (Å²) >= 11 is 0. The Kier molecular flexibility index (Phi) is 5.50. The Hall–Kier alpha value is -3.31. The first-order valence-electron chi connectivity index (χ1n) is 12.3. The molecule has 3 aliphatic heterocycles. The van der Waals surface area contributed by atoms with Gasteiger partial charge in [0, 0.05) is 48.7 Å². The van der Waals surface area contributed by atoms with E-state index in [9.17, 15) is 4.79 Å². The fraction of sp³-hybridized carbons (Fsp3) is 0.345. The van der Waals surface area contributed by atoms with Gasteiger partial charge in [-0.3, -0.25) is 19.7 Å². The Morgan fingerprint density at radius 3 is 2.76 bits per heavy atom. The molecule has 1 amide bonds. The third-order valence-corrected chi connectivity index (χ3v) is 7.43. The second-order valence-corrected chi connectivity index (χ2v) is 9.84. The van der Waals surface area contributed by atoms with Gasteiger partial charge in [0.05, 0.1) is 18.7 Å². The van der Waals surface area contributed by atoms with Crippen molar-refractivity contribution in [3.8, 4) is 0 Å². The number of pyridine rings is 1. The van der Waals surface area contributed by atoms with Crippen molar-refractivity contribution in [2.75, 3.05) is 13.1 Å². The molecule has 0 radical (unpaired) electrons. The van der Waals surface area contributed by atoms with Gasteiger partial charge in [-0.1, -0.05) is 36.4 Å². The number of carbonyl (C=O) groups is 1. The standard InChI is InChI=1S/C29H30N4O/c1-20-12-22(9-10-30-20)29-27-14-25-18-33(28(34)15-23(25)13-24(27)16-31-29)26-8-5-11-32(19-26)17-21-6-3-2-4-7-21/h2-4,6-7,9-10,12-14,26H,5,8,11,15-19H2,1H3/t26-/m1/s1. The molecule has 34 heavy (non-hydrogen) atoms. The minimum Gasteiger partial charge on any atom is -0.334 e. The average molecular weight is 451 g/mol. The lowest BCUT2D eigenvalue weighted by atomic mass is 9.90. The van der Waals surface area contributed by atoms with E-state index in [0.29, 0.717) is 19.5 Å². The average Bonchev–Trinajstić information content (AvgIpc) is 3.26. The highest BCUT2D eigenvalue weighted by molar-refractivity contribution is 6.15. The Labute approximate surface area is 201 Å². The molecule has 0 spiro atoms. The summed E-state index contributed by atoms with van der Waals surface area (Å²) in [6.45, 7) is 6.41.